The predicted octanol–water partition coefficient (Wildman–Crippen LogP) is 0.933. The van der Waals surface area contributed by atoms with Crippen molar-refractivity contribution in [3.05, 3.63) is 11.6 Å². The van der Waals surface area contributed by atoms with Crippen molar-refractivity contribution in [3.63, 3.8) is 0 Å². The molecule has 0 radical (unpaired) electrons. The van der Waals surface area contributed by atoms with Crippen molar-refractivity contribution < 1.29 is 14.7 Å². The van der Waals surface area contributed by atoms with Gasteiger partial charge in [0.25, 0.3) is 6.47 Å². The van der Waals surface area contributed by atoms with Gasteiger partial charge in [-0.1, -0.05) is 0 Å². The van der Waals surface area contributed by atoms with E-state index < -0.39 is 0 Å². The first-order chi connectivity index (χ1) is 11.6. The third kappa shape index (κ3) is 3.15. The van der Waals surface area contributed by atoms with E-state index in [1.807, 2.05) is 6.92 Å². The van der Waals surface area contributed by atoms with E-state index >= 15 is 0 Å². The molecule has 1 aromatic rings. The minimum absolute atomic E-state index is 0.250. The SMILES string of the molecule is Cc1nc(CN2CCCC23CCCN(C2CC2)C3=O)n[nH]1.O=CO. The highest BCUT2D eigenvalue weighted by molar-refractivity contribution is 5.88. The summed E-state index contributed by atoms with van der Waals surface area (Å²) in [6, 6.07) is 0.530. The number of piperidine rings is 1. The van der Waals surface area contributed by atoms with Crippen LogP contribution < -0.4 is 0 Å². The Kier molecular flexibility index (Phi) is 4.84. The summed E-state index contributed by atoms with van der Waals surface area (Å²) >= 11 is 0. The number of aromatic amines is 1. The molecule has 132 valence electrons. The van der Waals surface area contributed by atoms with E-state index in [4.69, 9.17) is 9.90 Å². The second kappa shape index (κ2) is 6.88. The lowest BCUT2D eigenvalue weighted by Gasteiger charge is -2.44. The van der Waals surface area contributed by atoms with Crippen molar-refractivity contribution in [3.8, 4) is 0 Å². The van der Waals surface area contributed by atoms with Crippen LogP contribution in [0.1, 0.15) is 50.2 Å². The van der Waals surface area contributed by atoms with Crippen LogP contribution in [0, 0.1) is 6.92 Å². The summed E-state index contributed by atoms with van der Waals surface area (Å²) in [5, 5.41) is 14.0. The Bertz CT molecular complexity index is 600. The van der Waals surface area contributed by atoms with Crippen LogP contribution in [-0.2, 0) is 16.1 Å². The summed E-state index contributed by atoms with van der Waals surface area (Å²) < 4.78 is 0. The van der Waals surface area contributed by atoms with E-state index in [0.29, 0.717) is 18.5 Å². The molecule has 3 aliphatic rings. The maximum atomic E-state index is 13.1. The molecule has 0 bridgehead atoms. The van der Waals surface area contributed by atoms with Crippen molar-refractivity contribution in [1.29, 1.82) is 0 Å². The third-order valence-corrected chi connectivity index (χ3v) is 5.24. The van der Waals surface area contributed by atoms with E-state index in [1.165, 1.54) is 12.8 Å². The minimum atomic E-state index is -0.268. The highest BCUT2D eigenvalue weighted by atomic mass is 16.3. The van der Waals surface area contributed by atoms with Crippen LogP contribution in [0.15, 0.2) is 0 Å². The molecule has 24 heavy (non-hydrogen) atoms. The number of aryl methyl sites for hydroxylation is 1. The van der Waals surface area contributed by atoms with Gasteiger partial charge in [-0.05, 0) is 52.0 Å². The van der Waals surface area contributed by atoms with Gasteiger partial charge in [0.1, 0.15) is 11.4 Å². The van der Waals surface area contributed by atoms with Crippen LogP contribution in [0.5, 0.6) is 0 Å². The number of hydrogen-bond donors (Lipinski definition) is 2. The van der Waals surface area contributed by atoms with Crippen LogP contribution in [0.4, 0.5) is 0 Å². The van der Waals surface area contributed by atoms with E-state index in [1.54, 1.807) is 0 Å². The van der Waals surface area contributed by atoms with Crippen LogP contribution >= 0.6 is 0 Å². The van der Waals surface area contributed by atoms with Crippen LogP contribution in [0.2, 0.25) is 0 Å². The summed E-state index contributed by atoms with van der Waals surface area (Å²) in [6.07, 6.45) is 6.63. The van der Waals surface area contributed by atoms with Crippen molar-refractivity contribution in [2.45, 2.75) is 63.6 Å². The molecule has 1 aliphatic carbocycles. The molecular formula is C16H25N5O3. The van der Waals surface area contributed by atoms with Gasteiger partial charge in [-0.25, -0.2) is 4.98 Å². The number of aromatic nitrogens is 3. The summed E-state index contributed by atoms with van der Waals surface area (Å²) in [6.45, 7) is 4.29. The van der Waals surface area contributed by atoms with E-state index in [2.05, 4.69) is 25.0 Å². The maximum Gasteiger partial charge on any atom is 0.290 e. The van der Waals surface area contributed by atoms with Gasteiger partial charge >= 0.3 is 0 Å². The Balaban J connectivity index is 0.000000526. The number of H-pyrrole nitrogens is 1. The number of likely N-dealkylation sites (tertiary alicyclic amines) is 2. The molecular weight excluding hydrogens is 310 g/mol. The smallest absolute Gasteiger partial charge is 0.290 e. The molecule has 1 spiro atoms. The Morgan fingerprint density at radius 1 is 1.33 bits per heavy atom. The second-order valence-electron chi connectivity index (χ2n) is 6.83. The monoisotopic (exact) mass is 335 g/mol. The largest absolute Gasteiger partial charge is 0.483 e. The molecule has 1 amide bonds. The van der Waals surface area contributed by atoms with Gasteiger partial charge in [0.2, 0.25) is 5.91 Å². The summed E-state index contributed by atoms with van der Waals surface area (Å²) in [4.78, 5) is 30.3. The Morgan fingerprint density at radius 3 is 2.58 bits per heavy atom. The highest BCUT2D eigenvalue weighted by Gasteiger charge is 2.53. The van der Waals surface area contributed by atoms with E-state index in [-0.39, 0.29) is 12.0 Å². The topological polar surface area (TPSA) is 102 Å². The first-order valence-corrected chi connectivity index (χ1v) is 8.62. The van der Waals surface area contributed by atoms with E-state index in [0.717, 1.165) is 50.4 Å². The van der Waals surface area contributed by atoms with Crippen molar-refractivity contribution in [1.82, 2.24) is 25.0 Å². The van der Waals surface area contributed by atoms with Crippen molar-refractivity contribution >= 4 is 12.4 Å². The molecule has 1 aromatic heterocycles. The van der Waals surface area contributed by atoms with Gasteiger partial charge in [0, 0.05) is 12.6 Å². The summed E-state index contributed by atoms with van der Waals surface area (Å²) in [7, 11) is 0. The van der Waals surface area contributed by atoms with Gasteiger partial charge in [-0.2, -0.15) is 5.10 Å². The van der Waals surface area contributed by atoms with E-state index in [9.17, 15) is 4.79 Å². The molecule has 8 nitrogen and oxygen atoms in total. The lowest BCUT2D eigenvalue weighted by Crippen LogP contribution is -2.60. The lowest BCUT2D eigenvalue weighted by atomic mass is 9.85. The van der Waals surface area contributed by atoms with Crippen LogP contribution in [-0.4, -0.2) is 67.1 Å². The number of carbonyl (C=O) groups is 2. The van der Waals surface area contributed by atoms with Crippen LogP contribution in [0.25, 0.3) is 0 Å². The molecule has 8 heteroatoms. The Morgan fingerprint density at radius 2 is 2.00 bits per heavy atom. The molecule has 0 aromatic carbocycles. The average molecular weight is 335 g/mol. The first kappa shape index (κ1) is 16.9. The van der Waals surface area contributed by atoms with Crippen molar-refractivity contribution in [2.24, 2.45) is 0 Å². The molecule has 1 saturated carbocycles. The van der Waals surface area contributed by atoms with Crippen LogP contribution in [0.3, 0.4) is 0 Å². The number of nitrogens with zero attached hydrogens (tertiary/aromatic N) is 4. The molecule has 1 unspecified atom stereocenters. The maximum absolute atomic E-state index is 13.1. The first-order valence-electron chi connectivity index (χ1n) is 8.62. The Hall–Kier alpha value is -1.96. The summed E-state index contributed by atoms with van der Waals surface area (Å²) in [5.74, 6) is 2.03. The number of rotatable bonds is 3. The zero-order chi connectivity index (χ0) is 17.2. The molecule has 3 heterocycles. The number of carboxylic acid groups (broad SMARTS) is 1. The number of amides is 1. The zero-order valence-electron chi connectivity index (χ0n) is 14.1. The molecule has 1 atom stereocenters. The van der Waals surface area contributed by atoms with Gasteiger partial charge in [-0.3, -0.25) is 19.6 Å². The minimum Gasteiger partial charge on any atom is -0.483 e. The van der Waals surface area contributed by atoms with Gasteiger partial charge in [-0.15, -0.1) is 0 Å². The average Bonchev–Trinajstić information content (AvgIpc) is 3.21. The van der Waals surface area contributed by atoms with Crippen molar-refractivity contribution in [2.75, 3.05) is 13.1 Å². The molecule has 2 aliphatic heterocycles. The third-order valence-electron chi connectivity index (χ3n) is 5.24. The molecule has 2 saturated heterocycles. The normalized spacial score (nSPS) is 27.2. The molecule has 4 rings (SSSR count). The highest BCUT2D eigenvalue weighted by Crippen LogP contribution is 2.42. The fourth-order valence-electron chi connectivity index (χ4n) is 4.07. The zero-order valence-corrected chi connectivity index (χ0v) is 14.1. The quantitative estimate of drug-likeness (QED) is 0.797. The number of hydrogen-bond acceptors (Lipinski definition) is 5. The van der Waals surface area contributed by atoms with Gasteiger partial charge in [0.15, 0.2) is 5.82 Å². The fraction of sp³-hybridized carbons (Fsp3) is 0.750. The number of nitrogens with one attached hydrogen (secondary N) is 1. The predicted molar refractivity (Wildman–Crippen MR) is 86.2 cm³/mol. The molecule has 3 fully saturated rings. The van der Waals surface area contributed by atoms with Gasteiger partial charge < -0.3 is 10.0 Å². The lowest BCUT2D eigenvalue weighted by molar-refractivity contribution is -0.148. The Labute approximate surface area is 141 Å². The van der Waals surface area contributed by atoms with Gasteiger partial charge in [0.05, 0.1) is 6.54 Å². The number of carbonyl (C=O) groups excluding carboxylic acids is 1. The standard InChI is InChI=1S/C15H23N5O.CH2O2/c1-11-16-13(18-17-11)10-19-8-2-6-15(19)7-3-9-20(14(15)21)12-4-5-12;2-1-3/h12H,2-10H2,1H3,(H,16,17,18);1H,(H,2,3). The fourth-order valence-corrected chi connectivity index (χ4v) is 4.07. The summed E-state index contributed by atoms with van der Waals surface area (Å²) in [5.41, 5.74) is -0.268. The second-order valence-corrected chi connectivity index (χ2v) is 6.83. The molecule has 2 N–H and O–H groups in total.